The molecule has 0 amide bonds. The van der Waals surface area contributed by atoms with Gasteiger partial charge < -0.3 is 9.13 Å². The predicted octanol–water partition coefficient (Wildman–Crippen LogP) is 17.2. The Morgan fingerprint density at radius 1 is 0.286 bits per heavy atom. The maximum Gasteiger partial charge on any atom is 0.0998 e. The fourth-order valence-electron chi connectivity index (χ4n) is 10.6. The zero-order chi connectivity index (χ0) is 47.6. The summed E-state index contributed by atoms with van der Waals surface area (Å²) in [5, 5.41) is 26.1. The number of nitrogens with zero attached hydrogens (tertiary/aromatic N) is 4. The Balaban J connectivity index is 1.06. The minimum atomic E-state index is 0.495. The van der Waals surface area contributed by atoms with E-state index in [0.29, 0.717) is 22.3 Å². The number of hydrogen-bond donors (Lipinski definition) is 0. The first-order valence-corrected chi connectivity index (χ1v) is 23.8. The number of hydrogen-bond acceptors (Lipinski definition) is 2. The molecule has 2 heterocycles. The van der Waals surface area contributed by atoms with Crippen molar-refractivity contribution in [2.75, 3.05) is 0 Å². The van der Waals surface area contributed by atoms with E-state index in [-0.39, 0.29) is 0 Å². The van der Waals surface area contributed by atoms with E-state index < -0.39 is 0 Å². The first-order chi connectivity index (χ1) is 34.2. The predicted molar refractivity (Wildman–Crippen MR) is 291 cm³/mol. The summed E-state index contributed by atoms with van der Waals surface area (Å²) in [6, 6.07) is 78.6. The average Bonchev–Trinajstić information content (AvgIpc) is 3.89. The monoisotopic (exact) mass is 894 g/mol. The highest BCUT2D eigenvalue weighted by molar-refractivity contribution is 6.13. The van der Waals surface area contributed by atoms with Crippen LogP contribution in [0.4, 0.5) is 0 Å². The molecule has 0 aliphatic rings. The number of benzene rings is 10. The minimum absolute atomic E-state index is 0.495. The molecule has 0 N–H and O–H groups in total. The summed E-state index contributed by atoms with van der Waals surface area (Å²) in [5.41, 5.74) is 22.5. The van der Waals surface area contributed by atoms with Crippen molar-refractivity contribution in [2.45, 2.75) is 27.7 Å². The molecule has 0 spiro atoms. The SMILES string of the molecule is Cc1cccc(-c2ccc3c(c2)c2cc(-c4cccc(C)c4)ccc2n3-c2ccc(C#N)c(-c3cc(-n4c5ccc(-c6cccc(C)c6)cc5c5cc(-c6cccc(C)c6)ccc54)ccc3C#N)c2)c1. The molecule has 0 aliphatic heterocycles. The standard InChI is InChI=1S/C66H46N4/c1-41-9-5-13-45(29-41)49-19-25-63-59(33-49)60-34-50(46-14-6-10-42(2)30-46)20-26-64(60)69(63)55-23-17-53(39-67)57(37-55)58-38-56(24-18-54(58)40-68)70-65-27-21-51(47-15-7-11-43(3)31-47)35-61(65)62-36-52(22-28-66(62)70)48-16-8-12-44(4)32-48/h5-38H,1-4H3. The van der Waals surface area contributed by atoms with Crippen LogP contribution in [-0.2, 0) is 0 Å². The van der Waals surface area contributed by atoms with E-state index in [0.717, 1.165) is 77.2 Å². The largest absolute Gasteiger partial charge is 0.309 e. The Hall–Kier alpha value is -9.22. The van der Waals surface area contributed by atoms with Gasteiger partial charge in [-0.25, -0.2) is 0 Å². The summed E-state index contributed by atoms with van der Waals surface area (Å²) < 4.78 is 4.60. The maximum absolute atomic E-state index is 10.8. The van der Waals surface area contributed by atoms with Crippen LogP contribution in [0.1, 0.15) is 33.4 Å². The van der Waals surface area contributed by atoms with Crippen LogP contribution in [0.3, 0.4) is 0 Å². The summed E-state index contributed by atoms with van der Waals surface area (Å²) in [6.45, 7) is 8.52. The highest BCUT2D eigenvalue weighted by Gasteiger charge is 2.21. The molecular formula is C66H46N4. The van der Waals surface area contributed by atoms with Gasteiger partial charge in [0, 0.05) is 44.0 Å². The molecule has 0 unspecified atom stereocenters. The van der Waals surface area contributed by atoms with Gasteiger partial charge in [-0.3, -0.25) is 0 Å². The van der Waals surface area contributed by atoms with E-state index in [1.807, 2.05) is 24.3 Å². The maximum atomic E-state index is 10.8. The van der Waals surface area contributed by atoms with Crippen molar-refractivity contribution < 1.29 is 0 Å². The topological polar surface area (TPSA) is 57.4 Å². The average molecular weight is 895 g/mol. The van der Waals surface area contributed by atoms with E-state index in [1.165, 1.54) is 44.5 Å². The summed E-state index contributed by atoms with van der Waals surface area (Å²) in [4.78, 5) is 0. The molecule has 0 fully saturated rings. The van der Waals surface area contributed by atoms with Gasteiger partial charge in [-0.1, -0.05) is 144 Å². The third-order valence-electron chi connectivity index (χ3n) is 14.0. The Morgan fingerprint density at radius 3 is 0.814 bits per heavy atom. The van der Waals surface area contributed by atoms with E-state index in [4.69, 9.17) is 0 Å². The molecule has 0 radical (unpaired) electrons. The second kappa shape index (κ2) is 16.8. The minimum Gasteiger partial charge on any atom is -0.309 e. The lowest BCUT2D eigenvalue weighted by molar-refractivity contribution is 1.17. The lowest BCUT2D eigenvalue weighted by Gasteiger charge is -2.15. The lowest BCUT2D eigenvalue weighted by atomic mass is 9.95. The number of aryl methyl sites for hydroxylation is 4. The second-order valence-electron chi connectivity index (χ2n) is 18.8. The van der Waals surface area contributed by atoms with Gasteiger partial charge in [0.05, 0.1) is 45.3 Å². The molecule has 12 aromatic rings. The third-order valence-corrected chi connectivity index (χ3v) is 14.0. The second-order valence-corrected chi connectivity index (χ2v) is 18.8. The Labute approximate surface area is 407 Å². The van der Waals surface area contributed by atoms with Gasteiger partial charge in [0.15, 0.2) is 0 Å². The smallest absolute Gasteiger partial charge is 0.0998 e. The van der Waals surface area contributed by atoms with Crippen molar-refractivity contribution in [3.63, 3.8) is 0 Å². The molecule has 0 saturated heterocycles. The molecule has 12 rings (SSSR count). The van der Waals surface area contributed by atoms with Crippen LogP contribution in [0.2, 0.25) is 0 Å². The van der Waals surface area contributed by atoms with Crippen LogP contribution in [0, 0.1) is 50.4 Å². The van der Waals surface area contributed by atoms with Crippen LogP contribution < -0.4 is 0 Å². The Morgan fingerprint density at radius 2 is 0.557 bits per heavy atom. The van der Waals surface area contributed by atoms with E-state index in [1.54, 1.807) is 0 Å². The van der Waals surface area contributed by atoms with Crippen LogP contribution in [0.5, 0.6) is 0 Å². The molecule has 70 heavy (non-hydrogen) atoms. The van der Waals surface area contributed by atoms with Crippen molar-refractivity contribution in [1.29, 1.82) is 10.5 Å². The molecule has 4 nitrogen and oxygen atoms in total. The lowest BCUT2D eigenvalue weighted by Crippen LogP contribution is -1.99. The fraction of sp³-hybridized carbons (Fsp3) is 0.0606. The summed E-state index contributed by atoms with van der Waals surface area (Å²) >= 11 is 0. The normalized spacial score (nSPS) is 11.4. The van der Waals surface area contributed by atoms with Gasteiger partial charge in [-0.15, -0.1) is 0 Å². The van der Waals surface area contributed by atoms with Crippen molar-refractivity contribution >= 4 is 43.6 Å². The number of fused-ring (bicyclic) bond motifs is 6. The van der Waals surface area contributed by atoms with Crippen molar-refractivity contribution in [2.24, 2.45) is 0 Å². The molecule has 4 heteroatoms. The Kier molecular flexibility index (Phi) is 10.1. The fourth-order valence-corrected chi connectivity index (χ4v) is 10.6. The first kappa shape index (κ1) is 42.2. The summed E-state index contributed by atoms with van der Waals surface area (Å²) in [5.74, 6) is 0. The van der Waals surface area contributed by atoms with E-state index in [2.05, 4.69) is 231 Å². The van der Waals surface area contributed by atoms with Gasteiger partial charge in [-0.05, 0) is 157 Å². The zero-order valence-electron chi connectivity index (χ0n) is 39.4. The summed E-state index contributed by atoms with van der Waals surface area (Å²) in [7, 11) is 0. The van der Waals surface area contributed by atoms with Crippen LogP contribution >= 0.6 is 0 Å². The van der Waals surface area contributed by atoms with Crippen molar-refractivity contribution in [3.05, 3.63) is 240 Å². The number of nitriles is 2. The van der Waals surface area contributed by atoms with Gasteiger partial charge in [0.1, 0.15) is 0 Å². The molecule has 0 aliphatic carbocycles. The highest BCUT2D eigenvalue weighted by atomic mass is 15.0. The molecule has 10 aromatic carbocycles. The zero-order valence-corrected chi connectivity index (χ0v) is 39.4. The van der Waals surface area contributed by atoms with Crippen molar-refractivity contribution in [3.8, 4) is 79.1 Å². The van der Waals surface area contributed by atoms with Crippen LogP contribution in [0.15, 0.2) is 206 Å². The first-order valence-electron chi connectivity index (χ1n) is 23.8. The molecular weight excluding hydrogens is 849 g/mol. The van der Waals surface area contributed by atoms with Crippen LogP contribution in [-0.4, -0.2) is 9.13 Å². The van der Waals surface area contributed by atoms with Gasteiger partial charge >= 0.3 is 0 Å². The van der Waals surface area contributed by atoms with Gasteiger partial charge in [0.25, 0.3) is 0 Å². The van der Waals surface area contributed by atoms with E-state index >= 15 is 0 Å². The number of rotatable bonds is 7. The van der Waals surface area contributed by atoms with Gasteiger partial charge in [0.2, 0.25) is 0 Å². The molecule has 330 valence electrons. The highest BCUT2D eigenvalue weighted by Crippen LogP contribution is 2.42. The molecule has 0 saturated carbocycles. The molecule has 0 atom stereocenters. The molecule has 0 bridgehead atoms. The quantitative estimate of drug-likeness (QED) is 0.160. The van der Waals surface area contributed by atoms with Crippen molar-refractivity contribution in [1.82, 2.24) is 9.13 Å². The van der Waals surface area contributed by atoms with E-state index in [9.17, 15) is 10.5 Å². The van der Waals surface area contributed by atoms with Crippen LogP contribution in [0.25, 0.3) is 111 Å². The Bertz CT molecular complexity index is 3720. The molecule has 2 aromatic heterocycles. The summed E-state index contributed by atoms with van der Waals surface area (Å²) in [6.07, 6.45) is 0. The van der Waals surface area contributed by atoms with Gasteiger partial charge in [-0.2, -0.15) is 10.5 Å². The third kappa shape index (κ3) is 7.23. The number of aromatic nitrogens is 2.